The molecule has 2 fully saturated rings. The highest BCUT2D eigenvalue weighted by Crippen LogP contribution is 2.69. The van der Waals surface area contributed by atoms with Crippen molar-refractivity contribution in [3.63, 3.8) is 0 Å². The summed E-state index contributed by atoms with van der Waals surface area (Å²) < 4.78 is 16.9. The van der Waals surface area contributed by atoms with Gasteiger partial charge >= 0.3 is 11.9 Å². The lowest BCUT2D eigenvalue weighted by Crippen LogP contribution is -2.69. The van der Waals surface area contributed by atoms with Gasteiger partial charge < -0.3 is 24.1 Å². The smallest absolute Gasteiger partial charge is 0.315 e. The molecular formula is C27H32O8. The summed E-state index contributed by atoms with van der Waals surface area (Å²) in [5.41, 5.74) is -0.549. The lowest BCUT2D eigenvalue weighted by molar-refractivity contribution is -0.215. The van der Waals surface area contributed by atoms with Gasteiger partial charge in [0, 0.05) is 22.7 Å². The topological polar surface area (TPSA) is 123 Å². The number of hydrogen-bond acceptors (Lipinski definition) is 7. The summed E-state index contributed by atoms with van der Waals surface area (Å²) in [7, 11) is 1.27. The molecule has 35 heavy (non-hydrogen) atoms. The maximum Gasteiger partial charge on any atom is 0.315 e. The number of aliphatic hydroxyl groups is 1. The van der Waals surface area contributed by atoms with Crippen LogP contribution in [-0.2, 0) is 23.9 Å². The van der Waals surface area contributed by atoms with Gasteiger partial charge in [-0.15, -0.1) is 0 Å². The van der Waals surface area contributed by atoms with E-state index in [9.17, 15) is 24.6 Å². The molecule has 0 aromatic carbocycles. The van der Waals surface area contributed by atoms with Crippen LogP contribution in [0, 0.1) is 28.1 Å². The van der Waals surface area contributed by atoms with Gasteiger partial charge in [-0.05, 0) is 49.5 Å². The van der Waals surface area contributed by atoms with Crippen molar-refractivity contribution in [3.8, 4) is 0 Å². The number of furan rings is 1. The number of allylic oxidation sites excluding steroid dienone is 2. The molecule has 188 valence electrons. The van der Waals surface area contributed by atoms with Gasteiger partial charge in [0.2, 0.25) is 0 Å². The molecule has 2 N–H and O–H groups in total. The third-order valence-corrected chi connectivity index (χ3v) is 9.65. The van der Waals surface area contributed by atoms with E-state index in [4.69, 9.17) is 13.9 Å². The predicted molar refractivity (Wildman–Crippen MR) is 123 cm³/mol. The van der Waals surface area contributed by atoms with Crippen molar-refractivity contribution in [2.75, 3.05) is 7.11 Å². The van der Waals surface area contributed by atoms with Gasteiger partial charge in [0.25, 0.3) is 0 Å². The van der Waals surface area contributed by atoms with Crippen molar-refractivity contribution in [2.24, 2.45) is 28.1 Å². The van der Waals surface area contributed by atoms with E-state index in [0.717, 1.165) is 16.7 Å². The minimum Gasteiger partial charge on any atom is -0.481 e. The molecule has 0 spiro atoms. The number of hydrogen-bond donors (Lipinski definition) is 2. The Morgan fingerprint density at radius 3 is 2.54 bits per heavy atom. The molecular weight excluding hydrogens is 452 g/mol. The second-order valence-corrected chi connectivity index (χ2v) is 11.1. The maximum absolute atomic E-state index is 13.6. The molecule has 0 unspecified atom stereocenters. The summed E-state index contributed by atoms with van der Waals surface area (Å²) in [6.07, 6.45) is 4.23. The van der Waals surface area contributed by atoms with Crippen LogP contribution in [0.1, 0.15) is 52.0 Å². The number of ketones is 1. The van der Waals surface area contributed by atoms with Crippen LogP contribution in [0.5, 0.6) is 0 Å². The number of carboxylic acids is 1. The molecule has 9 atom stereocenters. The highest BCUT2D eigenvalue weighted by molar-refractivity contribution is 5.99. The fourth-order valence-corrected chi connectivity index (χ4v) is 8.22. The van der Waals surface area contributed by atoms with E-state index in [-0.39, 0.29) is 24.2 Å². The lowest BCUT2D eigenvalue weighted by Gasteiger charge is -2.61. The molecule has 0 radical (unpaired) electrons. The number of ether oxygens (including phenoxy) is 2. The van der Waals surface area contributed by atoms with Crippen molar-refractivity contribution in [2.45, 2.75) is 64.8 Å². The summed E-state index contributed by atoms with van der Waals surface area (Å²) in [4.78, 5) is 38.8. The normalized spacial score (nSPS) is 44.1. The van der Waals surface area contributed by atoms with Crippen molar-refractivity contribution in [1.29, 1.82) is 0 Å². The van der Waals surface area contributed by atoms with Crippen LogP contribution in [0.3, 0.4) is 0 Å². The molecule has 1 aromatic rings. The van der Waals surface area contributed by atoms with Crippen LogP contribution in [0.2, 0.25) is 0 Å². The van der Waals surface area contributed by atoms with Crippen molar-refractivity contribution >= 4 is 17.7 Å². The second-order valence-electron chi connectivity index (χ2n) is 11.1. The Kier molecular flexibility index (Phi) is 5.24. The molecule has 5 rings (SSSR count). The molecule has 1 saturated heterocycles. The van der Waals surface area contributed by atoms with Gasteiger partial charge in [-0.1, -0.05) is 25.5 Å². The first-order valence-corrected chi connectivity index (χ1v) is 12.0. The Labute approximate surface area is 204 Å². The fraction of sp³-hybridized carbons (Fsp3) is 0.593. The van der Waals surface area contributed by atoms with E-state index in [1.165, 1.54) is 19.3 Å². The Balaban J connectivity index is 1.73. The largest absolute Gasteiger partial charge is 0.481 e. The van der Waals surface area contributed by atoms with Gasteiger partial charge in [-0.25, -0.2) is 0 Å². The molecule has 3 aliphatic carbocycles. The van der Waals surface area contributed by atoms with E-state index in [1.54, 1.807) is 26.4 Å². The van der Waals surface area contributed by atoms with Crippen LogP contribution >= 0.6 is 0 Å². The Morgan fingerprint density at radius 2 is 1.94 bits per heavy atom. The molecule has 2 heterocycles. The van der Waals surface area contributed by atoms with Gasteiger partial charge in [-0.2, -0.15) is 0 Å². The predicted octanol–water partition coefficient (Wildman–Crippen LogP) is 3.26. The molecule has 8 heteroatoms. The first-order valence-electron chi connectivity index (χ1n) is 12.0. The summed E-state index contributed by atoms with van der Waals surface area (Å²) in [5, 5.41) is 21.8. The minimum atomic E-state index is -1.33. The number of carbonyl (C=O) groups excluding carboxylic acids is 2. The van der Waals surface area contributed by atoms with Gasteiger partial charge in [0.05, 0.1) is 49.8 Å². The fourth-order valence-electron chi connectivity index (χ4n) is 8.22. The minimum absolute atomic E-state index is 0.0435. The van der Waals surface area contributed by atoms with Crippen molar-refractivity contribution in [3.05, 3.63) is 47.5 Å². The average Bonchev–Trinajstić information content (AvgIpc) is 3.51. The van der Waals surface area contributed by atoms with E-state index >= 15 is 0 Å². The summed E-state index contributed by atoms with van der Waals surface area (Å²) in [6.45, 7) is 7.29. The monoisotopic (exact) mass is 484 g/mol. The number of esters is 1. The number of carbonyl (C=O) groups is 3. The number of aliphatic hydroxyl groups excluding tert-OH is 1. The van der Waals surface area contributed by atoms with Gasteiger partial charge in [0.1, 0.15) is 0 Å². The zero-order valence-corrected chi connectivity index (χ0v) is 20.6. The first kappa shape index (κ1) is 24.0. The zero-order valence-electron chi connectivity index (χ0n) is 20.6. The first-order chi connectivity index (χ1) is 16.4. The number of carboxylic acid groups (broad SMARTS) is 1. The molecule has 4 aliphatic rings. The molecule has 0 bridgehead atoms. The third-order valence-electron chi connectivity index (χ3n) is 9.65. The molecule has 0 amide bonds. The summed E-state index contributed by atoms with van der Waals surface area (Å²) >= 11 is 0. The molecule has 1 aliphatic heterocycles. The summed E-state index contributed by atoms with van der Waals surface area (Å²) in [5.74, 6) is -3.50. The lowest BCUT2D eigenvalue weighted by atomic mass is 9.41. The van der Waals surface area contributed by atoms with E-state index < -0.39 is 52.2 Å². The maximum atomic E-state index is 13.6. The van der Waals surface area contributed by atoms with Crippen LogP contribution in [0.15, 0.2) is 46.3 Å². The quantitative estimate of drug-likeness (QED) is 0.493. The number of fused-ring (bicyclic) bond motifs is 4. The van der Waals surface area contributed by atoms with Gasteiger partial charge in [-0.3, -0.25) is 14.4 Å². The van der Waals surface area contributed by atoms with Gasteiger partial charge in [0.15, 0.2) is 5.78 Å². The van der Waals surface area contributed by atoms with Crippen LogP contribution in [0.4, 0.5) is 0 Å². The number of methoxy groups -OCH3 is 1. The second kappa shape index (κ2) is 7.64. The van der Waals surface area contributed by atoms with Crippen molar-refractivity contribution in [1.82, 2.24) is 0 Å². The molecule has 8 nitrogen and oxygen atoms in total. The standard InChI is InChI=1S/C27H32O8/c1-13-15(14-7-9-34-12-14)10-16-20(13)27(4)17(11-19(29)30)26(3)18(28)6-8-25(2,24(32)33-5)22(26)21(31)23(27)35-16/h6-9,12,15-17,21-23,31H,10-11H2,1-5H3,(H,29,30)/t15-,16-,17+,21-,22-,23-,25-,26-,27+/m0/s1. The number of aliphatic carboxylic acids is 1. The highest BCUT2D eigenvalue weighted by atomic mass is 16.5. The summed E-state index contributed by atoms with van der Waals surface area (Å²) in [6, 6.07) is 1.91. The Bertz CT molecular complexity index is 1150. The highest BCUT2D eigenvalue weighted by Gasteiger charge is 2.74. The van der Waals surface area contributed by atoms with E-state index in [0.29, 0.717) is 6.42 Å². The number of rotatable bonds is 4. The Morgan fingerprint density at radius 1 is 1.23 bits per heavy atom. The van der Waals surface area contributed by atoms with Crippen molar-refractivity contribution < 1.29 is 38.5 Å². The van der Waals surface area contributed by atoms with Crippen LogP contribution < -0.4 is 0 Å². The average molecular weight is 485 g/mol. The molecule has 1 saturated carbocycles. The Hall–Kier alpha value is -2.71. The molecule has 1 aromatic heterocycles. The third kappa shape index (κ3) is 2.90. The van der Waals surface area contributed by atoms with Crippen LogP contribution in [0.25, 0.3) is 0 Å². The SMILES string of the molecule is COC(=O)[C@@]1(C)C=CC(=O)[C@]2(C)[C@@H](CC(=O)O)[C@]3(C)C4=C(C)[C@@H](c5ccoc5)C[C@@H]4O[C@H]3[C@@H](O)[C@H]21. The van der Waals surface area contributed by atoms with E-state index in [2.05, 4.69) is 0 Å². The van der Waals surface area contributed by atoms with Crippen LogP contribution in [-0.4, -0.2) is 53.4 Å². The zero-order chi connectivity index (χ0) is 25.5. The van der Waals surface area contributed by atoms with E-state index in [1.807, 2.05) is 19.9 Å².